The molecule has 1 N–H and O–H groups in total. The number of benzene rings is 1. The number of morpholine rings is 1. The summed E-state index contributed by atoms with van der Waals surface area (Å²) in [6.45, 7) is 7.40. The molecule has 0 unspecified atom stereocenters. The molecule has 1 heterocycles. The first-order chi connectivity index (χ1) is 11.0. The number of nitrogens with zero attached hydrogens (tertiary/aromatic N) is 2. The molecule has 6 nitrogen and oxygen atoms in total. The molecule has 0 bridgehead atoms. The van der Waals surface area contributed by atoms with E-state index in [9.17, 15) is 8.42 Å². The Balaban J connectivity index is 2.08. The van der Waals surface area contributed by atoms with E-state index in [1.165, 1.54) is 4.31 Å². The summed E-state index contributed by atoms with van der Waals surface area (Å²) in [5, 5.41) is 3.77. The van der Waals surface area contributed by atoms with Crippen molar-refractivity contribution in [1.82, 2.24) is 9.21 Å². The minimum absolute atomic E-state index is 0.290. The lowest BCUT2D eigenvalue weighted by Crippen LogP contribution is -2.40. The largest absolute Gasteiger partial charge is 0.379 e. The molecule has 0 aromatic heterocycles. The Bertz CT molecular complexity index is 622. The molecule has 1 fully saturated rings. The molecule has 0 radical (unpaired) electrons. The third-order valence-corrected chi connectivity index (χ3v) is 6.04. The number of rotatable bonds is 5. The van der Waals surface area contributed by atoms with Crippen LogP contribution in [0.25, 0.3) is 0 Å². The standard InChI is InChI=1S/C15H23N3O3S2/c1-3-17(4-2)15(22)16-13-5-7-14(8-6-13)23(19,20)18-9-11-21-12-10-18/h5-8H,3-4,9-12H2,1-2H3,(H,16,22). The van der Waals surface area contributed by atoms with Crippen molar-refractivity contribution in [3.8, 4) is 0 Å². The molecule has 128 valence electrons. The van der Waals surface area contributed by atoms with Crippen LogP contribution in [-0.4, -0.2) is 62.1 Å². The minimum Gasteiger partial charge on any atom is -0.379 e. The lowest BCUT2D eigenvalue weighted by atomic mass is 10.3. The fourth-order valence-corrected chi connectivity index (χ4v) is 4.14. The topological polar surface area (TPSA) is 61.9 Å². The highest BCUT2D eigenvalue weighted by atomic mass is 32.2. The van der Waals surface area contributed by atoms with Gasteiger partial charge in [-0.05, 0) is 50.3 Å². The smallest absolute Gasteiger partial charge is 0.243 e. The summed E-state index contributed by atoms with van der Waals surface area (Å²) in [7, 11) is -3.45. The molecular weight excluding hydrogens is 334 g/mol. The van der Waals surface area contributed by atoms with Gasteiger partial charge in [-0.1, -0.05) is 0 Å². The van der Waals surface area contributed by atoms with Gasteiger partial charge in [0.1, 0.15) is 0 Å². The Kier molecular flexibility index (Phi) is 6.34. The van der Waals surface area contributed by atoms with Gasteiger partial charge in [-0.3, -0.25) is 0 Å². The van der Waals surface area contributed by atoms with Crippen molar-refractivity contribution in [2.45, 2.75) is 18.7 Å². The average molecular weight is 358 g/mol. The molecular formula is C15H23N3O3S2. The number of ether oxygens (including phenoxy) is 1. The van der Waals surface area contributed by atoms with Crippen LogP contribution in [0.4, 0.5) is 5.69 Å². The zero-order valence-electron chi connectivity index (χ0n) is 13.5. The van der Waals surface area contributed by atoms with E-state index in [0.29, 0.717) is 36.3 Å². The van der Waals surface area contributed by atoms with Gasteiger partial charge in [-0.15, -0.1) is 0 Å². The lowest BCUT2D eigenvalue weighted by molar-refractivity contribution is 0.0730. The predicted molar refractivity (Wildman–Crippen MR) is 95.2 cm³/mol. The Labute approximate surface area is 143 Å². The number of hydrogen-bond donors (Lipinski definition) is 1. The van der Waals surface area contributed by atoms with Crippen molar-refractivity contribution >= 4 is 33.0 Å². The Morgan fingerprint density at radius 3 is 2.30 bits per heavy atom. The van der Waals surface area contributed by atoms with Gasteiger partial charge in [0.15, 0.2) is 5.11 Å². The van der Waals surface area contributed by atoms with Crippen molar-refractivity contribution in [3.63, 3.8) is 0 Å². The molecule has 2 rings (SSSR count). The molecule has 1 aromatic carbocycles. The normalized spacial score (nSPS) is 16.1. The molecule has 0 aliphatic carbocycles. The highest BCUT2D eigenvalue weighted by Crippen LogP contribution is 2.19. The first-order valence-corrected chi connectivity index (χ1v) is 9.57. The minimum atomic E-state index is -3.45. The van der Waals surface area contributed by atoms with E-state index in [2.05, 4.69) is 5.32 Å². The molecule has 8 heteroatoms. The maximum Gasteiger partial charge on any atom is 0.243 e. The molecule has 0 atom stereocenters. The van der Waals surface area contributed by atoms with Crippen LogP contribution in [0.3, 0.4) is 0 Å². The van der Waals surface area contributed by atoms with Gasteiger partial charge in [0.2, 0.25) is 10.0 Å². The van der Waals surface area contributed by atoms with Gasteiger partial charge >= 0.3 is 0 Å². The van der Waals surface area contributed by atoms with Gasteiger partial charge in [-0.2, -0.15) is 4.31 Å². The van der Waals surface area contributed by atoms with E-state index in [1.54, 1.807) is 24.3 Å². The van der Waals surface area contributed by atoms with Crippen LogP contribution in [-0.2, 0) is 14.8 Å². The van der Waals surface area contributed by atoms with Crippen molar-refractivity contribution in [2.24, 2.45) is 0 Å². The lowest BCUT2D eigenvalue weighted by Gasteiger charge is -2.26. The Hall–Kier alpha value is -1.22. The molecule has 1 aliphatic rings. The number of nitrogens with one attached hydrogen (secondary N) is 1. The third kappa shape index (κ3) is 4.41. The summed E-state index contributed by atoms with van der Waals surface area (Å²) in [6, 6.07) is 6.70. The summed E-state index contributed by atoms with van der Waals surface area (Å²) >= 11 is 5.34. The Morgan fingerprint density at radius 2 is 1.78 bits per heavy atom. The van der Waals surface area contributed by atoms with Gasteiger partial charge in [0, 0.05) is 31.9 Å². The van der Waals surface area contributed by atoms with Gasteiger partial charge < -0.3 is 15.0 Å². The number of hydrogen-bond acceptors (Lipinski definition) is 4. The summed E-state index contributed by atoms with van der Waals surface area (Å²) in [6.07, 6.45) is 0. The molecule has 0 spiro atoms. The molecule has 23 heavy (non-hydrogen) atoms. The van der Waals surface area contributed by atoms with Crippen molar-refractivity contribution in [1.29, 1.82) is 0 Å². The van der Waals surface area contributed by atoms with Crippen LogP contribution in [0.5, 0.6) is 0 Å². The highest BCUT2D eigenvalue weighted by molar-refractivity contribution is 7.89. The van der Waals surface area contributed by atoms with Crippen LogP contribution in [0, 0.1) is 0 Å². The summed E-state index contributed by atoms with van der Waals surface area (Å²) in [4.78, 5) is 2.31. The van der Waals surface area contributed by atoms with Gasteiger partial charge in [-0.25, -0.2) is 8.42 Å². The summed E-state index contributed by atoms with van der Waals surface area (Å²) in [5.74, 6) is 0. The number of sulfonamides is 1. The van der Waals surface area contributed by atoms with E-state index in [1.807, 2.05) is 18.7 Å². The molecule has 1 aliphatic heterocycles. The van der Waals surface area contributed by atoms with Crippen molar-refractivity contribution in [3.05, 3.63) is 24.3 Å². The maximum absolute atomic E-state index is 12.5. The molecule has 0 amide bonds. The van der Waals surface area contributed by atoms with E-state index in [-0.39, 0.29) is 0 Å². The first-order valence-electron chi connectivity index (χ1n) is 7.73. The zero-order chi connectivity index (χ0) is 16.9. The highest BCUT2D eigenvalue weighted by Gasteiger charge is 2.26. The second-order valence-electron chi connectivity index (χ2n) is 5.14. The Morgan fingerprint density at radius 1 is 1.22 bits per heavy atom. The van der Waals surface area contributed by atoms with Crippen LogP contribution < -0.4 is 5.32 Å². The fourth-order valence-electron chi connectivity index (χ4n) is 2.36. The van der Waals surface area contributed by atoms with Gasteiger partial charge in [0.05, 0.1) is 18.1 Å². The second-order valence-corrected chi connectivity index (χ2v) is 7.47. The van der Waals surface area contributed by atoms with Crippen molar-refractivity contribution < 1.29 is 13.2 Å². The molecule has 1 aromatic rings. The molecule has 0 saturated carbocycles. The number of anilines is 1. The van der Waals surface area contributed by atoms with E-state index in [0.717, 1.165) is 18.8 Å². The van der Waals surface area contributed by atoms with Crippen LogP contribution >= 0.6 is 12.2 Å². The summed E-state index contributed by atoms with van der Waals surface area (Å²) in [5.41, 5.74) is 0.780. The van der Waals surface area contributed by atoms with E-state index < -0.39 is 10.0 Å². The predicted octanol–water partition coefficient (Wildman–Crippen LogP) is 1.75. The third-order valence-electron chi connectivity index (χ3n) is 3.76. The fraction of sp³-hybridized carbons (Fsp3) is 0.533. The van der Waals surface area contributed by atoms with E-state index >= 15 is 0 Å². The SMILES string of the molecule is CCN(CC)C(=S)Nc1ccc(S(=O)(=O)N2CCOCC2)cc1. The van der Waals surface area contributed by atoms with Crippen LogP contribution in [0.15, 0.2) is 29.2 Å². The molecule has 1 saturated heterocycles. The second kappa shape index (κ2) is 8.05. The monoisotopic (exact) mass is 357 g/mol. The summed E-state index contributed by atoms with van der Waals surface area (Å²) < 4.78 is 31.7. The van der Waals surface area contributed by atoms with Gasteiger partial charge in [0.25, 0.3) is 0 Å². The average Bonchev–Trinajstić information content (AvgIpc) is 2.57. The zero-order valence-corrected chi connectivity index (χ0v) is 15.1. The maximum atomic E-state index is 12.5. The number of thiocarbonyl (C=S) groups is 1. The quantitative estimate of drug-likeness (QED) is 0.810. The first kappa shape index (κ1) is 18.1. The van der Waals surface area contributed by atoms with Crippen LogP contribution in [0.2, 0.25) is 0 Å². The van der Waals surface area contributed by atoms with Crippen molar-refractivity contribution in [2.75, 3.05) is 44.7 Å². The van der Waals surface area contributed by atoms with E-state index in [4.69, 9.17) is 17.0 Å². The van der Waals surface area contributed by atoms with Crippen LogP contribution in [0.1, 0.15) is 13.8 Å².